The predicted molar refractivity (Wildman–Crippen MR) is 130 cm³/mol. The topological polar surface area (TPSA) is 108 Å². The molecule has 1 atom stereocenters. The first-order chi connectivity index (χ1) is 16.4. The summed E-state index contributed by atoms with van der Waals surface area (Å²) in [4.78, 5) is 25.3. The summed E-state index contributed by atoms with van der Waals surface area (Å²) in [5.41, 5.74) is 0.594. The lowest BCUT2D eigenvalue weighted by atomic mass is 10.2. The maximum absolute atomic E-state index is 13.0. The van der Waals surface area contributed by atoms with Gasteiger partial charge < -0.3 is 24.3 Å². The third kappa shape index (κ3) is 7.08. The number of azo groups is 1. The molecule has 0 fully saturated rings. The number of anilines is 1. The molecule has 1 amide bonds. The van der Waals surface area contributed by atoms with Crippen LogP contribution in [0.5, 0.6) is 23.0 Å². The Hall–Kier alpha value is -3.33. The highest BCUT2D eigenvalue weighted by Gasteiger charge is 2.25. The van der Waals surface area contributed by atoms with Crippen molar-refractivity contribution in [1.29, 1.82) is 0 Å². The first kappa shape index (κ1) is 26.9. The second-order valence-corrected chi connectivity index (χ2v) is 7.24. The molecule has 0 spiro atoms. The van der Waals surface area contributed by atoms with E-state index in [2.05, 4.69) is 15.5 Å². The molecule has 0 radical (unpaired) electrons. The number of ether oxygens (including phenoxy) is 4. The summed E-state index contributed by atoms with van der Waals surface area (Å²) in [6, 6.07) is 6.85. The van der Waals surface area contributed by atoms with Crippen LogP contribution in [0.15, 0.2) is 40.6 Å². The van der Waals surface area contributed by atoms with E-state index in [0.29, 0.717) is 65.8 Å². The molecule has 2 aromatic rings. The van der Waals surface area contributed by atoms with Gasteiger partial charge in [-0.1, -0.05) is 17.7 Å². The molecule has 10 heteroatoms. The molecule has 0 saturated carbocycles. The molecule has 0 bridgehead atoms. The van der Waals surface area contributed by atoms with Crippen LogP contribution in [0.3, 0.4) is 0 Å². The van der Waals surface area contributed by atoms with Gasteiger partial charge in [-0.15, -0.1) is 5.11 Å². The molecule has 0 aliphatic heterocycles. The summed E-state index contributed by atoms with van der Waals surface area (Å²) in [5, 5.41) is 11.2. The molecule has 9 nitrogen and oxygen atoms in total. The van der Waals surface area contributed by atoms with E-state index in [9.17, 15) is 9.59 Å². The number of nitrogens with zero attached hydrogens (tertiary/aromatic N) is 2. The lowest BCUT2D eigenvalue weighted by molar-refractivity contribution is -0.126. The lowest BCUT2D eigenvalue weighted by Gasteiger charge is -2.16. The number of nitrogens with one attached hydrogen (secondary N) is 1. The van der Waals surface area contributed by atoms with Crippen molar-refractivity contribution < 1.29 is 28.5 Å². The Morgan fingerprint density at radius 1 is 0.882 bits per heavy atom. The molecule has 184 valence electrons. The van der Waals surface area contributed by atoms with Gasteiger partial charge in [-0.3, -0.25) is 9.59 Å². The average Bonchev–Trinajstić information content (AvgIpc) is 2.79. The summed E-state index contributed by atoms with van der Waals surface area (Å²) in [7, 11) is 0. The number of benzene rings is 2. The fraction of sp³-hybridized carbons (Fsp3) is 0.417. The second kappa shape index (κ2) is 13.4. The Morgan fingerprint density at radius 3 is 1.94 bits per heavy atom. The van der Waals surface area contributed by atoms with Crippen LogP contribution in [-0.4, -0.2) is 44.2 Å². The van der Waals surface area contributed by atoms with Gasteiger partial charge in [-0.25, -0.2) is 0 Å². The van der Waals surface area contributed by atoms with E-state index in [4.69, 9.17) is 30.5 Å². The fourth-order valence-electron chi connectivity index (χ4n) is 2.95. The molecule has 0 heterocycles. The van der Waals surface area contributed by atoms with Crippen molar-refractivity contribution in [2.45, 2.75) is 40.7 Å². The number of Topliss-reactive ketones (excluding diaryl/α,β-unsaturated/α-hetero) is 1. The van der Waals surface area contributed by atoms with Crippen LogP contribution in [0.1, 0.15) is 34.6 Å². The SMILES string of the molecule is CCOc1cc(NC(=O)C(N=Nc2c(OCC)cccc2OCC)C(C)=O)c(OCC)cc1Cl. The maximum Gasteiger partial charge on any atom is 0.258 e. The van der Waals surface area contributed by atoms with Crippen LogP contribution in [-0.2, 0) is 9.59 Å². The van der Waals surface area contributed by atoms with Crippen molar-refractivity contribution in [2.75, 3.05) is 31.7 Å². The quantitative estimate of drug-likeness (QED) is 0.288. The highest BCUT2D eigenvalue weighted by Crippen LogP contribution is 2.39. The second-order valence-electron chi connectivity index (χ2n) is 6.83. The Kier molecular flexibility index (Phi) is 10.6. The zero-order valence-electron chi connectivity index (χ0n) is 20.0. The number of hydrogen-bond acceptors (Lipinski definition) is 8. The Bertz CT molecular complexity index is 1000. The highest BCUT2D eigenvalue weighted by atomic mass is 35.5. The van der Waals surface area contributed by atoms with Gasteiger partial charge >= 0.3 is 0 Å². The Morgan fingerprint density at radius 2 is 1.41 bits per heavy atom. The summed E-state index contributed by atoms with van der Waals surface area (Å²) >= 11 is 6.23. The minimum absolute atomic E-state index is 0.297. The summed E-state index contributed by atoms with van der Waals surface area (Å²) in [6.07, 6.45) is 0. The molecule has 2 rings (SSSR count). The Labute approximate surface area is 204 Å². The van der Waals surface area contributed by atoms with Gasteiger partial charge in [0.15, 0.2) is 23.0 Å². The number of rotatable bonds is 13. The number of ketones is 1. The molecule has 1 N–H and O–H groups in total. The smallest absolute Gasteiger partial charge is 0.258 e. The van der Waals surface area contributed by atoms with Gasteiger partial charge in [0.25, 0.3) is 5.91 Å². The molecule has 2 aromatic carbocycles. The van der Waals surface area contributed by atoms with Crippen molar-refractivity contribution in [1.82, 2.24) is 0 Å². The average molecular weight is 492 g/mol. The fourth-order valence-corrected chi connectivity index (χ4v) is 3.16. The largest absolute Gasteiger partial charge is 0.492 e. The number of hydrogen-bond donors (Lipinski definition) is 1. The first-order valence-corrected chi connectivity index (χ1v) is 11.4. The van der Waals surface area contributed by atoms with Gasteiger partial charge in [-0.05, 0) is 46.8 Å². The minimum atomic E-state index is -1.41. The summed E-state index contributed by atoms with van der Waals surface area (Å²) in [5.74, 6) is 0.383. The Balaban J connectivity index is 2.39. The lowest BCUT2D eigenvalue weighted by Crippen LogP contribution is -2.32. The number of carbonyl (C=O) groups excluding carboxylic acids is 2. The van der Waals surface area contributed by atoms with E-state index < -0.39 is 17.7 Å². The standard InChI is InChI=1S/C24H30ClN3O6/c1-6-31-18-11-10-12-19(32-7-2)23(18)28-27-22(15(5)29)24(30)26-17-14-20(33-8-3)16(25)13-21(17)34-9-4/h10-14,22H,6-9H2,1-5H3,(H,26,30). The van der Waals surface area contributed by atoms with E-state index in [1.165, 1.54) is 6.92 Å². The molecular formula is C24H30ClN3O6. The molecule has 34 heavy (non-hydrogen) atoms. The maximum atomic E-state index is 13.0. The van der Waals surface area contributed by atoms with Crippen molar-refractivity contribution in [3.8, 4) is 23.0 Å². The van der Waals surface area contributed by atoms with Crippen LogP contribution in [0, 0.1) is 0 Å². The van der Waals surface area contributed by atoms with Gasteiger partial charge in [-0.2, -0.15) is 5.11 Å². The first-order valence-electron chi connectivity index (χ1n) is 11.1. The van der Waals surface area contributed by atoms with Crippen LogP contribution < -0.4 is 24.3 Å². The highest BCUT2D eigenvalue weighted by molar-refractivity contribution is 6.32. The molecule has 0 aliphatic rings. The summed E-state index contributed by atoms with van der Waals surface area (Å²) < 4.78 is 22.3. The van der Waals surface area contributed by atoms with Crippen molar-refractivity contribution in [3.63, 3.8) is 0 Å². The molecule has 0 saturated heterocycles. The van der Waals surface area contributed by atoms with E-state index in [-0.39, 0.29) is 0 Å². The molecule has 1 unspecified atom stereocenters. The number of halogens is 1. The van der Waals surface area contributed by atoms with E-state index in [1.807, 2.05) is 20.8 Å². The van der Waals surface area contributed by atoms with Crippen LogP contribution >= 0.6 is 11.6 Å². The third-order valence-electron chi connectivity index (χ3n) is 4.36. The zero-order chi connectivity index (χ0) is 25.1. The minimum Gasteiger partial charge on any atom is -0.492 e. The molecule has 0 aliphatic carbocycles. The van der Waals surface area contributed by atoms with Crippen LogP contribution in [0.25, 0.3) is 0 Å². The molecular weight excluding hydrogens is 462 g/mol. The molecule has 0 aromatic heterocycles. The van der Waals surface area contributed by atoms with Crippen molar-refractivity contribution in [3.05, 3.63) is 35.4 Å². The summed E-state index contributed by atoms with van der Waals surface area (Å²) in [6.45, 7) is 10.1. The van der Waals surface area contributed by atoms with Gasteiger partial charge in [0.1, 0.15) is 11.5 Å². The van der Waals surface area contributed by atoms with Crippen LogP contribution in [0.2, 0.25) is 5.02 Å². The van der Waals surface area contributed by atoms with Gasteiger partial charge in [0.2, 0.25) is 6.04 Å². The third-order valence-corrected chi connectivity index (χ3v) is 4.66. The zero-order valence-corrected chi connectivity index (χ0v) is 20.8. The van der Waals surface area contributed by atoms with Gasteiger partial charge in [0, 0.05) is 12.1 Å². The van der Waals surface area contributed by atoms with E-state index in [1.54, 1.807) is 37.3 Å². The van der Waals surface area contributed by atoms with Gasteiger partial charge in [0.05, 0.1) is 37.1 Å². The van der Waals surface area contributed by atoms with E-state index >= 15 is 0 Å². The normalized spacial score (nSPS) is 11.7. The predicted octanol–water partition coefficient (Wildman–Crippen LogP) is 5.61. The van der Waals surface area contributed by atoms with Crippen molar-refractivity contribution in [2.24, 2.45) is 10.2 Å². The van der Waals surface area contributed by atoms with Crippen molar-refractivity contribution >= 4 is 34.7 Å². The van der Waals surface area contributed by atoms with E-state index in [0.717, 1.165) is 0 Å². The number of carbonyl (C=O) groups is 2. The monoisotopic (exact) mass is 491 g/mol. The number of amides is 1. The van der Waals surface area contributed by atoms with Crippen LogP contribution in [0.4, 0.5) is 11.4 Å².